The van der Waals surface area contributed by atoms with Gasteiger partial charge in [-0.3, -0.25) is 4.79 Å². The molecular formula is C20H24F3NO5S. The average molecular weight is 447 g/mol. The number of carbonyl (C=O) groups excluding carboxylic acids is 1. The van der Waals surface area contributed by atoms with Crippen molar-refractivity contribution >= 4 is 23.0 Å². The fraction of sp³-hybridized carbons (Fsp3) is 0.600. The van der Waals surface area contributed by atoms with E-state index in [1.54, 1.807) is 27.7 Å². The van der Waals surface area contributed by atoms with E-state index in [2.05, 4.69) is 9.13 Å². The van der Waals surface area contributed by atoms with Gasteiger partial charge < -0.3 is 18.8 Å². The van der Waals surface area contributed by atoms with Crippen LogP contribution in [-0.4, -0.2) is 40.1 Å². The van der Waals surface area contributed by atoms with Gasteiger partial charge in [-0.15, -0.1) is 13.2 Å². The van der Waals surface area contributed by atoms with Crippen LogP contribution in [0.3, 0.4) is 0 Å². The number of benzene rings is 1. The van der Waals surface area contributed by atoms with Gasteiger partial charge in [0.25, 0.3) is 0 Å². The predicted octanol–water partition coefficient (Wildman–Crippen LogP) is 4.33. The molecule has 2 atom stereocenters. The molecular weight excluding hydrogens is 423 g/mol. The van der Waals surface area contributed by atoms with Crippen LogP contribution in [0.25, 0.3) is 0 Å². The Bertz CT molecular complexity index is 846. The van der Waals surface area contributed by atoms with Gasteiger partial charge in [-0.25, -0.2) is 0 Å². The van der Waals surface area contributed by atoms with Crippen LogP contribution in [0.2, 0.25) is 0 Å². The summed E-state index contributed by atoms with van der Waals surface area (Å²) in [6, 6.07) is 3.67. The monoisotopic (exact) mass is 447 g/mol. The van der Waals surface area contributed by atoms with Crippen LogP contribution in [-0.2, 0) is 20.9 Å². The minimum atomic E-state index is -4.85. The van der Waals surface area contributed by atoms with Crippen molar-refractivity contribution in [2.24, 2.45) is 9.81 Å². The van der Waals surface area contributed by atoms with E-state index in [4.69, 9.17) is 9.47 Å². The third-order valence-corrected chi connectivity index (χ3v) is 6.38. The fourth-order valence-electron chi connectivity index (χ4n) is 3.21. The molecule has 10 heteroatoms. The average Bonchev–Trinajstić information content (AvgIpc) is 3.41. The number of hydrogen-bond donors (Lipinski definition) is 0. The normalized spacial score (nSPS) is 22.7. The molecule has 0 amide bonds. The highest BCUT2D eigenvalue weighted by atomic mass is 32.2. The lowest BCUT2D eigenvalue weighted by Gasteiger charge is -2.32. The van der Waals surface area contributed by atoms with Crippen molar-refractivity contribution in [2.45, 2.75) is 64.2 Å². The maximum Gasteiger partial charge on any atom is 0.573 e. The van der Waals surface area contributed by atoms with Crippen molar-refractivity contribution < 1.29 is 36.7 Å². The Morgan fingerprint density at radius 3 is 2.53 bits per heavy atom. The van der Waals surface area contributed by atoms with E-state index in [-0.39, 0.29) is 18.8 Å². The predicted molar refractivity (Wildman–Crippen MR) is 105 cm³/mol. The summed E-state index contributed by atoms with van der Waals surface area (Å²) in [4.78, 5) is 12.5. The quantitative estimate of drug-likeness (QED) is 0.496. The van der Waals surface area contributed by atoms with Crippen LogP contribution in [0, 0.1) is 5.41 Å². The molecule has 1 aliphatic carbocycles. The van der Waals surface area contributed by atoms with Crippen molar-refractivity contribution in [1.82, 2.24) is 0 Å². The Morgan fingerprint density at radius 2 is 2.00 bits per heavy atom. The molecule has 0 spiro atoms. The molecule has 1 aliphatic heterocycles. The first kappa shape index (κ1) is 22.7. The van der Waals surface area contributed by atoms with E-state index in [0.717, 1.165) is 12.1 Å². The van der Waals surface area contributed by atoms with E-state index in [1.807, 2.05) is 0 Å². The van der Waals surface area contributed by atoms with Gasteiger partial charge in [-0.05, 0) is 52.7 Å². The molecule has 0 saturated heterocycles. The number of alkyl halides is 3. The van der Waals surface area contributed by atoms with Crippen LogP contribution >= 0.6 is 0 Å². The first-order valence-electron chi connectivity index (χ1n) is 9.59. The van der Waals surface area contributed by atoms with Gasteiger partial charge in [-0.1, -0.05) is 4.40 Å². The summed E-state index contributed by atoms with van der Waals surface area (Å²) in [6.45, 7) is 7.22. The molecule has 1 fully saturated rings. The smallest absolute Gasteiger partial charge is 0.573 e. The minimum Gasteiger partial charge on any atom is -0.591 e. The zero-order valence-electron chi connectivity index (χ0n) is 17.2. The van der Waals surface area contributed by atoms with Crippen molar-refractivity contribution in [3.05, 3.63) is 23.8 Å². The third-order valence-electron chi connectivity index (χ3n) is 4.95. The maximum absolute atomic E-state index is 12.6. The van der Waals surface area contributed by atoms with Gasteiger partial charge in [0.05, 0.1) is 6.61 Å². The number of nitrogens with zero attached hydrogens (tertiary/aromatic N) is 1. The lowest BCUT2D eigenvalue weighted by Crippen LogP contribution is -2.41. The second-order valence-corrected chi connectivity index (χ2v) is 10.2. The first-order valence-corrected chi connectivity index (χ1v) is 10.7. The minimum absolute atomic E-state index is 0.105. The molecule has 1 aromatic rings. The molecule has 1 aromatic carbocycles. The third kappa shape index (κ3) is 4.85. The van der Waals surface area contributed by atoms with Gasteiger partial charge in [0.1, 0.15) is 44.8 Å². The SMILES string of the molecule is CCOC(=O)C1([C@@H]2CC(=N[S+]([O-])C(C)(C)C)c3ccc(OC(F)(F)F)cc3O2)CC1. The topological polar surface area (TPSA) is 80.2 Å². The van der Waals surface area contributed by atoms with Crippen LogP contribution in [0.5, 0.6) is 11.5 Å². The summed E-state index contributed by atoms with van der Waals surface area (Å²) in [5, 5.41) is 0. The number of rotatable bonds is 5. The van der Waals surface area contributed by atoms with Gasteiger partial charge in [0, 0.05) is 18.1 Å². The second-order valence-electron chi connectivity index (χ2n) is 8.29. The number of ether oxygens (including phenoxy) is 3. The number of carbonyl (C=O) groups is 1. The fourth-order valence-corrected chi connectivity index (χ4v) is 3.86. The molecule has 0 radical (unpaired) electrons. The Balaban J connectivity index is 2.00. The van der Waals surface area contributed by atoms with E-state index in [0.29, 0.717) is 24.1 Å². The van der Waals surface area contributed by atoms with Gasteiger partial charge in [0.15, 0.2) is 0 Å². The first-order chi connectivity index (χ1) is 13.9. The Hall–Kier alpha value is -1.94. The zero-order valence-corrected chi connectivity index (χ0v) is 18.0. The Kier molecular flexibility index (Phi) is 6.03. The summed E-state index contributed by atoms with van der Waals surface area (Å²) in [5.74, 6) is -0.746. The summed E-state index contributed by atoms with van der Waals surface area (Å²) in [5.41, 5.74) is -0.0276. The van der Waals surface area contributed by atoms with Crippen molar-refractivity contribution in [2.75, 3.05) is 6.61 Å². The lowest BCUT2D eigenvalue weighted by molar-refractivity contribution is -0.274. The number of halogens is 3. The van der Waals surface area contributed by atoms with E-state index < -0.39 is 45.7 Å². The number of fused-ring (bicyclic) bond motifs is 1. The summed E-state index contributed by atoms with van der Waals surface area (Å²) in [7, 11) is 0. The molecule has 1 saturated carbocycles. The molecule has 166 valence electrons. The maximum atomic E-state index is 12.6. The Morgan fingerprint density at radius 1 is 1.33 bits per heavy atom. The number of esters is 1. The molecule has 1 heterocycles. The second kappa shape index (κ2) is 7.96. The molecule has 0 N–H and O–H groups in total. The molecule has 0 aromatic heterocycles. The molecule has 0 bridgehead atoms. The van der Waals surface area contributed by atoms with Gasteiger partial charge >= 0.3 is 12.3 Å². The van der Waals surface area contributed by atoms with Crippen molar-refractivity contribution in [1.29, 1.82) is 0 Å². The van der Waals surface area contributed by atoms with Crippen LogP contribution < -0.4 is 9.47 Å². The van der Waals surface area contributed by atoms with Gasteiger partial charge in [0.2, 0.25) is 0 Å². The highest BCUT2D eigenvalue weighted by Crippen LogP contribution is 2.54. The van der Waals surface area contributed by atoms with Crippen LogP contribution in [0.4, 0.5) is 13.2 Å². The largest absolute Gasteiger partial charge is 0.591 e. The summed E-state index contributed by atoms with van der Waals surface area (Å²) >= 11 is -1.59. The van der Waals surface area contributed by atoms with Crippen molar-refractivity contribution in [3.8, 4) is 11.5 Å². The lowest BCUT2D eigenvalue weighted by atomic mass is 9.89. The Labute approximate surface area is 176 Å². The van der Waals surface area contributed by atoms with E-state index in [9.17, 15) is 22.5 Å². The van der Waals surface area contributed by atoms with E-state index >= 15 is 0 Å². The molecule has 3 rings (SSSR count). The van der Waals surface area contributed by atoms with Gasteiger partial charge in [-0.2, -0.15) is 0 Å². The molecule has 30 heavy (non-hydrogen) atoms. The molecule has 2 aliphatic rings. The van der Waals surface area contributed by atoms with Crippen molar-refractivity contribution in [3.63, 3.8) is 0 Å². The van der Waals surface area contributed by atoms with Crippen LogP contribution in [0.1, 0.15) is 52.5 Å². The summed E-state index contributed by atoms with van der Waals surface area (Å²) < 4.78 is 69.4. The summed E-state index contributed by atoms with van der Waals surface area (Å²) in [6.07, 6.45) is -4.25. The molecule has 6 nitrogen and oxygen atoms in total. The highest BCUT2D eigenvalue weighted by molar-refractivity contribution is 7.91. The standard InChI is InChI=1S/C20H24F3NO5S/c1-5-27-17(25)19(8-9-19)16-11-14(24-30(26)18(2,3)4)13-7-6-12(10-15(13)28-16)29-20(21,22)23/h6-7,10,16H,5,8-9,11H2,1-4H3/t16-,30?/m0/s1. The molecule has 1 unspecified atom stereocenters. The zero-order chi connectivity index (χ0) is 22.3. The highest BCUT2D eigenvalue weighted by Gasteiger charge is 2.60. The van der Waals surface area contributed by atoms with Crippen LogP contribution in [0.15, 0.2) is 22.6 Å². The van der Waals surface area contributed by atoms with E-state index in [1.165, 1.54) is 6.07 Å². The number of hydrogen-bond acceptors (Lipinski definition) is 6.